The average molecular weight is 509 g/mol. The number of ether oxygens (including phenoxy) is 1. The number of hydrogen-bond donors (Lipinski definition) is 2. The molecule has 10 heteroatoms. The summed E-state index contributed by atoms with van der Waals surface area (Å²) in [4.78, 5) is 30.2. The van der Waals surface area contributed by atoms with Crippen molar-refractivity contribution in [2.24, 2.45) is 7.05 Å². The van der Waals surface area contributed by atoms with Gasteiger partial charge in [0.05, 0.1) is 10.0 Å². The fourth-order valence-electron chi connectivity index (χ4n) is 4.87. The van der Waals surface area contributed by atoms with Gasteiger partial charge in [-0.2, -0.15) is 0 Å². The lowest BCUT2D eigenvalue weighted by Gasteiger charge is -2.40. The molecule has 2 aliphatic heterocycles. The molecule has 0 atom stereocenters. The summed E-state index contributed by atoms with van der Waals surface area (Å²) in [5.74, 6) is -0.813. The average Bonchev–Trinajstić information content (AvgIpc) is 3.20. The Kier molecular flexibility index (Phi) is 8.03. The van der Waals surface area contributed by atoms with Crippen molar-refractivity contribution in [1.82, 2.24) is 19.8 Å². The van der Waals surface area contributed by atoms with Crippen LogP contribution in [0.4, 0.5) is 0 Å². The van der Waals surface area contributed by atoms with E-state index in [-0.39, 0.29) is 29.5 Å². The van der Waals surface area contributed by atoms with E-state index in [4.69, 9.17) is 27.9 Å². The number of carbonyl (C=O) groups excluding carboxylic acids is 2. The SMILES string of the molecule is Cn1cc(C(=O)NO)c(OCc2ccc(Cl)c(Cl)c2)c1C(=O)N1CCC(N2CCCCC2)CC1. The van der Waals surface area contributed by atoms with Crippen LogP contribution in [0.2, 0.25) is 10.0 Å². The van der Waals surface area contributed by atoms with E-state index in [2.05, 4.69) is 4.90 Å². The highest BCUT2D eigenvalue weighted by molar-refractivity contribution is 6.42. The zero-order chi connectivity index (χ0) is 24.2. The molecule has 2 aliphatic rings. The predicted octanol–water partition coefficient (Wildman–Crippen LogP) is 4.12. The zero-order valence-electron chi connectivity index (χ0n) is 19.2. The summed E-state index contributed by atoms with van der Waals surface area (Å²) in [7, 11) is 1.69. The highest BCUT2D eigenvalue weighted by Gasteiger charge is 2.32. The quantitative estimate of drug-likeness (QED) is 0.452. The number of amides is 2. The van der Waals surface area contributed by atoms with Crippen LogP contribution in [0, 0.1) is 0 Å². The number of halogens is 2. The van der Waals surface area contributed by atoms with E-state index in [1.54, 1.807) is 35.3 Å². The van der Waals surface area contributed by atoms with Crippen molar-refractivity contribution < 1.29 is 19.5 Å². The van der Waals surface area contributed by atoms with Gasteiger partial charge in [0, 0.05) is 32.4 Å². The predicted molar refractivity (Wildman–Crippen MR) is 130 cm³/mol. The number of aryl methyl sites for hydroxylation is 1. The largest absolute Gasteiger partial charge is 0.486 e. The fourth-order valence-corrected chi connectivity index (χ4v) is 5.19. The standard InChI is InChI=1S/C24H30Cl2N4O4/c1-28-14-18(23(31)27-33)22(34-15-16-5-6-19(25)20(26)13-16)21(28)24(32)30-11-7-17(8-12-30)29-9-3-2-4-10-29/h5-6,13-14,17,33H,2-4,7-12,15H2,1H3,(H,27,31). The van der Waals surface area contributed by atoms with E-state index in [1.165, 1.54) is 25.5 Å². The monoisotopic (exact) mass is 508 g/mol. The Bertz CT molecular complexity index is 1040. The first-order valence-electron chi connectivity index (χ1n) is 11.6. The molecular formula is C24H30Cl2N4O4. The smallest absolute Gasteiger partial charge is 0.279 e. The molecule has 0 radical (unpaired) electrons. The third-order valence-corrected chi connectivity index (χ3v) is 7.45. The molecule has 8 nitrogen and oxygen atoms in total. The molecule has 0 unspecified atom stereocenters. The number of likely N-dealkylation sites (tertiary alicyclic amines) is 2. The van der Waals surface area contributed by atoms with Crippen molar-refractivity contribution in [3.05, 3.63) is 51.3 Å². The Labute approximate surface area is 209 Å². The van der Waals surface area contributed by atoms with E-state index in [9.17, 15) is 14.8 Å². The maximum atomic E-state index is 13.5. The van der Waals surface area contributed by atoms with E-state index in [0.29, 0.717) is 29.2 Å². The van der Waals surface area contributed by atoms with Gasteiger partial charge < -0.3 is 19.1 Å². The van der Waals surface area contributed by atoms with Crippen molar-refractivity contribution in [3.8, 4) is 5.75 Å². The van der Waals surface area contributed by atoms with Gasteiger partial charge in [0.2, 0.25) is 0 Å². The Morgan fingerprint density at radius 2 is 1.79 bits per heavy atom. The van der Waals surface area contributed by atoms with Crippen LogP contribution in [0.5, 0.6) is 5.75 Å². The summed E-state index contributed by atoms with van der Waals surface area (Å²) in [6.45, 7) is 3.66. The minimum Gasteiger partial charge on any atom is -0.486 e. The number of nitrogens with one attached hydrogen (secondary N) is 1. The van der Waals surface area contributed by atoms with Gasteiger partial charge in [-0.1, -0.05) is 35.7 Å². The second kappa shape index (κ2) is 11.0. The van der Waals surface area contributed by atoms with Gasteiger partial charge in [-0.05, 0) is 56.5 Å². The Morgan fingerprint density at radius 1 is 1.09 bits per heavy atom. The van der Waals surface area contributed by atoms with Gasteiger partial charge in [-0.25, -0.2) is 5.48 Å². The van der Waals surface area contributed by atoms with Crippen LogP contribution in [-0.4, -0.2) is 63.6 Å². The van der Waals surface area contributed by atoms with Crippen molar-refractivity contribution in [2.75, 3.05) is 26.2 Å². The van der Waals surface area contributed by atoms with Gasteiger partial charge in [-0.15, -0.1) is 0 Å². The molecule has 0 aliphatic carbocycles. The van der Waals surface area contributed by atoms with E-state index >= 15 is 0 Å². The first-order valence-corrected chi connectivity index (χ1v) is 12.4. The zero-order valence-corrected chi connectivity index (χ0v) is 20.7. The van der Waals surface area contributed by atoms with Crippen molar-refractivity contribution in [1.29, 1.82) is 0 Å². The minimum atomic E-state index is -0.748. The van der Waals surface area contributed by atoms with Crippen molar-refractivity contribution >= 4 is 35.0 Å². The number of aromatic nitrogens is 1. The molecule has 2 amide bonds. The van der Waals surface area contributed by atoms with Gasteiger partial charge in [-0.3, -0.25) is 14.8 Å². The lowest BCUT2D eigenvalue weighted by molar-refractivity contribution is 0.0577. The van der Waals surface area contributed by atoms with Crippen LogP contribution < -0.4 is 10.2 Å². The lowest BCUT2D eigenvalue weighted by atomic mass is 9.99. The van der Waals surface area contributed by atoms with Crippen LogP contribution in [0.3, 0.4) is 0 Å². The molecule has 0 spiro atoms. The van der Waals surface area contributed by atoms with Crippen LogP contribution in [0.25, 0.3) is 0 Å². The minimum absolute atomic E-state index is 0.0733. The number of benzene rings is 1. The van der Waals surface area contributed by atoms with Crippen molar-refractivity contribution in [2.45, 2.75) is 44.8 Å². The molecule has 2 saturated heterocycles. The Balaban J connectivity index is 1.52. The maximum absolute atomic E-state index is 13.5. The molecule has 4 rings (SSSR count). The van der Waals surface area contributed by atoms with E-state index in [0.717, 1.165) is 31.5 Å². The molecule has 184 valence electrons. The molecule has 2 N–H and O–H groups in total. The maximum Gasteiger partial charge on any atom is 0.279 e. The molecule has 0 saturated carbocycles. The van der Waals surface area contributed by atoms with Crippen LogP contribution >= 0.6 is 23.2 Å². The first kappa shape index (κ1) is 24.9. The lowest BCUT2D eigenvalue weighted by Crippen LogP contribution is -2.48. The summed E-state index contributed by atoms with van der Waals surface area (Å²) in [5, 5.41) is 10.0. The summed E-state index contributed by atoms with van der Waals surface area (Å²) in [6.07, 6.45) is 7.15. The third-order valence-electron chi connectivity index (χ3n) is 6.71. The number of hydrogen-bond acceptors (Lipinski definition) is 5. The summed E-state index contributed by atoms with van der Waals surface area (Å²) in [5.41, 5.74) is 2.72. The van der Waals surface area contributed by atoms with E-state index in [1.807, 2.05) is 4.90 Å². The second-order valence-corrected chi connectivity index (χ2v) is 9.74. The van der Waals surface area contributed by atoms with Gasteiger partial charge in [0.25, 0.3) is 11.8 Å². The van der Waals surface area contributed by atoms with Gasteiger partial charge in [0.15, 0.2) is 5.75 Å². The molecular weight excluding hydrogens is 479 g/mol. The molecule has 2 aromatic rings. The number of piperidine rings is 2. The highest BCUT2D eigenvalue weighted by atomic mass is 35.5. The summed E-state index contributed by atoms with van der Waals surface area (Å²) < 4.78 is 7.55. The number of hydroxylamine groups is 1. The van der Waals surface area contributed by atoms with Crippen molar-refractivity contribution in [3.63, 3.8) is 0 Å². The molecule has 1 aromatic carbocycles. The number of nitrogens with zero attached hydrogens (tertiary/aromatic N) is 3. The fraction of sp³-hybridized carbons (Fsp3) is 0.500. The van der Waals surface area contributed by atoms with Crippen LogP contribution in [0.15, 0.2) is 24.4 Å². The third kappa shape index (κ3) is 5.35. The number of carbonyl (C=O) groups is 2. The second-order valence-electron chi connectivity index (χ2n) is 8.93. The molecule has 0 bridgehead atoms. The van der Waals surface area contributed by atoms with Gasteiger partial charge >= 0.3 is 0 Å². The first-order chi connectivity index (χ1) is 16.4. The summed E-state index contributed by atoms with van der Waals surface area (Å²) in [6, 6.07) is 5.60. The topological polar surface area (TPSA) is 87.0 Å². The summed E-state index contributed by atoms with van der Waals surface area (Å²) >= 11 is 12.1. The molecule has 1 aromatic heterocycles. The van der Waals surface area contributed by atoms with Crippen LogP contribution in [0.1, 0.15) is 58.5 Å². The van der Waals surface area contributed by atoms with Gasteiger partial charge in [0.1, 0.15) is 17.9 Å². The normalized spacial score (nSPS) is 17.6. The molecule has 3 heterocycles. The molecule has 34 heavy (non-hydrogen) atoms. The number of rotatable bonds is 6. The van der Waals surface area contributed by atoms with Crippen LogP contribution in [-0.2, 0) is 13.7 Å². The Morgan fingerprint density at radius 3 is 2.44 bits per heavy atom. The highest BCUT2D eigenvalue weighted by Crippen LogP contribution is 2.31. The Hall–Kier alpha value is -2.26. The molecule has 2 fully saturated rings. The van der Waals surface area contributed by atoms with E-state index < -0.39 is 5.91 Å².